The molecule has 1 aromatic heterocycles. The minimum Gasteiger partial charge on any atom is -0.487 e. The summed E-state index contributed by atoms with van der Waals surface area (Å²) in [5.74, 6) is -0.245. The highest BCUT2D eigenvalue weighted by Crippen LogP contribution is 2.26. The summed E-state index contributed by atoms with van der Waals surface area (Å²) in [6.45, 7) is 3.65. The molecule has 0 radical (unpaired) electrons. The Bertz CT molecular complexity index is 690. The normalized spacial score (nSPS) is 16.5. The van der Waals surface area contributed by atoms with E-state index in [4.69, 9.17) is 4.74 Å². The van der Waals surface area contributed by atoms with Crippen molar-refractivity contribution in [3.8, 4) is 5.75 Å². The number of nitrogens with one attached hydrogen (secondary N) is 2. The molecule has 0 amide bonds. The fraction of sp³-hybridized carbons (Fsp3) is 0.400. The number of piperidine rings is 1. The molecule has 2 heterocycles. The van der Waals surface area contributed by atoms with E-state index >= 15 is 0 Å². The molecular weight excluding hydrogens is 259 g/mol. The van der Waals surface area contributed by atoms with E-state index in [0.717, 1.165) is 36.9 Å². The van der Waals surface area contributed by atoms with Gasteiger partial charge in [0.25, 0.3) is 5.56 Å². The molecule has 20 heavy (non-hydrogen) atoms. The summed E-state index contributed by atoms with van der Waals surface area (Å²) in [6.07, 6.45) is 3.40. The van der Waals surface area contributed by atoms with Crippen LogP contribution in [0.15, 0.2) is 23.1 Å². The summed E-state index contributed by atoms with van der Waals surface area (Å²) in [5.41, 5.74) is 0.618. The van der Waals surface area contributed by atoms with Crippen LogP contribution in [0, 0.1) is 12.7 Å². The predicted octanol–water partition coefficient (Wildman–Crippen LogP) is 2.11. The van der Waals surface area contributed by atoms with Crippen LogP contribution in [0.2, 0.25) is 0 Å². The Kier molecular flexibility index (Phi) is 3.44. The monoisotopic (exact) mass is 276 g/mol. The second-order valence-electron chi connectivity index (χ2n) is 5.20. The Hall–Kier alpha value is -1.88. The number of ether oxygens (including phenoxy) is 1. The van der Waals surface area contributed by atoms with Crippen molar-refractivity contribution in [3.63, 3.8) is 0 Å². The highest BCUT2D eigenvalue weighted by Gasteiger charge is 2.17. The second kappa shape index (κ2) is 5.25. The molecule has 2 aromatic rings. The smallest absolute Gasteiger partial charge is 0.255 e. The molecule has 0 spiro atoms. The van der Waals surface area contributed by atoms with Gasteiger partial charge in [-0.25, -0.2) is 4.39 Å². The zero-order valence-corrected chi connectivity index (χ0v) is 11.3. The molecule has 1 aliphatic rings. The molecule has 1 aromatic carbocycles. The summed E-state index contributed by atoms with van der Waals surface area (Å²) >= 11 is 0. The SMILES string of the molecule is Cc1c[nH]c(=O)c2cc(F)c(OC3CCNCC3)cc12. The van der Waals surface area contributed by atoms with E-state index in [1.165, 1.54) is 6.07 Å². The maximum absolute atomic E-state index is 14.1. The number of aryl methyl sites for hydroxylation is 1. The summed E-state index contributed by atoms with van der Waals surface area (Å²) < 4.78 is 19.9. The molecule has 1 fully saturated rings. The Balaban J connectivity index is 2.01. The first-order chi connectivity index (χ1) is 9.65. The quantitative estimate of drug-likeness (QED) is 0.883. The maximum atomic E-state index is 14.1. The Labute approximate surface area is 116 Å². The second-order valence-corrected chi connectivity index (χ2v) is 5.20. The summed E-state index contributed by atoms with van der Waals surface area (Å²) in [4.78, 5) is 14.3. The number of pyridine rings is 1. The number of halogens is 1. The van der Waals surface area contributed by atoms with E-state index in [-0.39, 0.29) is 17.4 Å². The molecule has 2 N–H and O–H groups in total. The Morgan fingerprint density at radius 3 is 2.75 bits per heavy atom. The Morgan fingerprint density at radius 2 is 2.00 bits per heavy atom. The van der Waals surface area contributed by atoms with Crippen molar-refractivity contribution in [2.75, 3.05) is 13.1 Å². The van der Waals surface area contributed by atoms with Crippen molar-refractivity contribution in [3.05, 3.63) is 40.1 Å². The lowest BCUT2D eigenvalue weighted by atomic mass is 10.1. The highest BCUT2D eigenvalue weighted by atomic mass is 19.1. The number of H-pyrrole nitrogens is 1. The van der Waals surface area contributed by atoms with Gasteiger partial charge >= 0.3 is 0 Å². The van der Waals surface area contributed by atoms with Crippen LogP contribution in [0.5, 0.6) is 5.75 Å². The van der Waals surface area contributed by atoms with E-state index in [1.54, 1.807) is 12.3 Å². The van der Waals surface area contributed by atoms with E-state index in [2.05, 4.69) is 10.3 Å². The number of hydrogen-bond acceptors (Lipinski definition) is 3. The van der Waals surface area contributed by atoms with Crippen molar-refractivity contribution >= 4 is 10.8 Å². The van der Waals surface area contributed by atoms with E-state index in [1.807, 2.05) is 6.92 Å². The van der Waals surface area contributed by atoms with Gasteiger partial charge in [-0.05, 0) is 55.9 Å². The highest BCUT2D eigenvalue weighted by molar-refractivity contribution is 5.85. The van der Waals surface area contributed by atoms with Crippen LogP contribution in [0.25, 0.3) is 10.8 Å². The number of aromatic nitrogens is 1. The lowest BCUT2D eigenvalue weighted by molar-refractivity contribution is 0.156. The fourth-order valence-corrected chi connectivity index (χ4v) is 2.58. The first-order valence-corrected chi connectivity index (χ1v) is 6.84. The molecule has 5 heteroatoms. The molecule has 1 aliphatic heterocycles. The summed E-state index contributed by atoms with van der Waals surface area (Å²) in [5, 5.41) is 4.34. The molecular formula is C15H17FN2O2. The molecule has 0 aliphatic carbocycles. The van der Waals surface area contributed by atoms with Gasteiger partial charge in [0.1, 0.15) is 6.10 Å². The van der Waals surface area contributed by atoms with Crippen LogP contribution in [0.1, 0.15) is 18.4 Å². The number of hydrogen-bond donors (Lipinski definition) is 2. The summed E-state index contributed by atoms with van der Waals surface area (Å²) in [6, 6.07) is 2.90. The number of rotatable bonds is 2. The zero-order valence-electron chi connectivity index (χ0n) is 11.3. The van der Waals surface area contributed by atoms with Crippen LogP contribution >= 0.6 is 0 Å². The van der Waals surface area contributed by atoms with Gasteiger partial charge in [-0.3, -0.25) is 4.79 Å². The van der Waals surface area contributed by atoms with Crippen molar-refractivity contribution in [1.82, 2.24) is 10.3 Å². The Morgan fingerprint density at radius 1 is 1.25 bits per heavy atom. The third kappa shape index (κ3) is 2.41. The van der Waals surface area contributed by atoms with Crippen molar-refractivity contribution in [2.24, 2.45) is 0 Å². The molecule has 0 atom stereocenters. The van der Waals surface area contributed by atoms with Crippen LogP contribution in [-0.2, 0) is 0 Å². The number of fused-ring (bicyclic) bond motifs is 1. The third-order valence-electron chi connectivity index (χ3n) is 3.74. The van der Waals surface area contributed by atoms with Crippen molar-refractivity contribution < 1.29 is 9.13 Å². The molecule has 0 bridgehead atoms. The molecule has 0 unspecified atom stereocenters. The van der Waals surface area contributed by atoms with E-state index in [9.17, 15) is 9.18 Å². The van der Waals surface area contributed by atoms with Gasteiger partial charge in [0, 0.05) is 6.20 Å². The number of aromatic amines is 1. The third-order valence-corrected chi connectivity index (χ3v) is 3.74. The summed E-state index contributed by atoms with van der Waals surface area (Å²) in [7, 11) is 0. The van der Waals surface area contributed by atoms with Crippen LogP contribution in [-0.4, -0.2) is 24.2 Å². The average Bonchev–Trinajstić information content (AvgIpc) is 2.46. The zero-order chi connectivity index (χ0) is 14.1. The topological polar surface area (TPSA) is 54.1 Å². The van der Waals surface area contributed by atoms with Crippen LogP contribution in [0.3, 0.4) is 0 Å². The van der Waals surface area contributed by atoms with Gasteiger partial charge < -0.3 is 15.0 Å². The van der Waals surface area contributed by atoms with E-state index < -0.39 is 5.82 Å². The molecule has 3 rings (SSSR count). The first-order valence-electron chi connectivity index (χ1n) is 6.84. The molecule has 4 nitrogen and oxygen atoms in total. The van der Waals surface area contributed by atoms with Gasteiger partial charge in [-0.15, -0.1) is 0 Å². The molecule has 0 saturated carbocycles. The standard InChI is InChI=1S/C15H17FN2O2/c1-9-8-18-15(19)12-6-13(16)14(7-11(9)12)20-10-2-4-17-5-3-10/h6-8,10,17H,2-5H2,1H3,(H,18,19). The van der Waals surface area contributed by atoms with Gasteiger partial charge in [0.15, 0.2) is 11.6 Å². The molecule has 1 saturated heterocycles. The maximum Gasteiger partial charge on any atom is 0.255 e. The lowest BCUT2D eigenvalue weighted by Gasteiger charge is -2.24. The van der Waals surface area contributed by atoms with E-state index in [0.29, 0.717) is 5.39 Å². The average molecular weight is 276 g/mol. The van der Waals surface area contributed by atoms with Crippen molar-refractivity contribution in [1.29, 1.82) is 0 Å². The van der Waals surface area contributed by atoms with Crippen LogP contribution in [0.4, 0.5) is 4.39 Å². The predicted molar refractivity (Wildman–Crippen MR) is 75.8 cm³/mol. The molecule has 106 valence electrons. The minimum atomic E-state index is -0.480. The van der Waals surface area contributed by atoms with Crippen LogP contribution < -0.4 is 15.6 Å². The first kappa shape index (κ1) is 13.1. The number of benzene rings is 1. The van der Waals surface area contributed by atoms with Gasteiger partial charge in [0.05, 0.1) is 5.39 Å². The minimum absolute atomic E-state index is 0.0329. The van der Waals surface area contributed by atoms with Gasteiger partial charge in [0.2, 0.25) is 0 Å². The van der Waals surface area contributed by atoms with Gasteiger partial charge in [-0.1, -0.05) is 0 Å². The van der Waals surface area contributed by atoms with Crippen molar-refractivity contribution in [2.45, 2.75) is 25.9 Å². The lowest BCUT2D eigenvalue weighted by Crippen LogP contribution is -2.34. The fourth-order valence-electron chi connectivity index (χ4n) is 2.58. The van der Waals surface area contributed by atoms with Gasteiger partial charge in [-0.2, -0.15) is 0 Å². The largest absolute Gasteiger partial charge is 0.487 e.